The molecule has 1 heterocycles. The maximum Gasteiger partial charge on any atom is 0.240 e. The van der Waals surface area contributed by atoms with Gasteiger partial charge in [-0.25, -0.2) is 4.39 Å². The van der Waals surface area contributed by atoms with Crippen LogP contribution in [0.2, 0.25) is 0 Å². The molecule has 2 amide bonds. The van der Waals surface area contributed by atoms with Crippen LogP contribution >= 0.6 is 27.7 Å². The number of rotatable bonds is 5. The Morgan fingerprint density at radius 3 is 2.63 bits per heavy atom. The number of benzene rings is 2. The minimum atomic E-state index is -0.569. The summed E-state index contributed by atoms with van der Waals surface area (Å²) in [4.78, 5) is 24.1. The molecular weight excluding hydrogens is 435 g/mol. The van der Waals surface area contributed by atoms with Gasteiger partial charge in [0, 0.05) is 16.6 Å². The molecule has 9 heteroatoms. The van der Waals surface area contributed by atoms with Crippen molar-refractivity contribution in [3.63, 3.8) is 0 Å². The highest BCUT2D eigenvalue weighted by Gasteiger charge is 2.32. The van der Waals surface area contributed by atoms with Crippen molar-refractivity contribution in [2.24, 2.45) is 10.2 Å². The van der Waals surface area contributed by atoms with Crippen LogP contribution < -0.4 is 10.6 Å². The fourth-order valence-electron chi connectivity index (χ4n) is 2.20. The van der Waals surface area contributed by atoms with Gasteiger partial charge in [-0.05, 0) is 42.0 Å². The zero-order valence-electron chi connectivity index (χ0n) is 13.9. The first-order valence-electron chi connectivity index (χ1n) is 7.89. The molecule has 0 aliphatic carbocycles. The second kappa shape index (κ2) is 8.92. The number of nitrogens with one attached hydrogen (secondary N) is 2. The Kier molecular flexibility index (Phi) is 6.36. The van der Waals surface area contributed by atoms with Crippen LogP contribution in [0.1, 0.15) is 12.0 Å². The van der Waals surface area contributed by atoms with Gasteiger partial charge in [-0.15, -0.1) is 5.10 Å². The van der Waals surface area contributed by atoms with Crippen molar-refractivity contribution in [1.29, 1.82) is 0 Å². The van der Waals surface area contributed by atoms with Crippen molar-refractivity contribution in [3.05, 3.63) is 64.4 Å². The van der Waals surface area contributed by atoms with E-state index in [1.54, 1.807) is 24.3 Å². The lowest BCUT2D eigenvalue weighted by Gasteiger charge is -2.07. The minimum absolute atomic E-state index is 0.0211. The van der Waals surface area contributed by atoms with Crippen molar-refractivity contribution < 1.29 is 14.0 Å². The number of nitrogens with zero attached hydrogens (tertiary/aromatic N) is 2. The summed E-state index contributed by atoms with van der Waals surface area (Å²) < 4.78 is 13.8. The van der Waals surface area contributed by atoms with Crippen LogP contribution in [0.4, 0.5) is 10.1 Å². The topological polar surface area (TPSA) is 82.9 Å². The summed E-state index contributed by atoms with van der Waals surface area (Å²) >= 11 is 4.47. The average molecular weight is 449 g/mol. The van der Waals surface area contributed by atoms with Crippen LogP contribution in [0.3, 0.4) is 0 Å². The Balaban J connectivity index is 1.54. The highest BCUT2D eigenvalue weighted by atomic mass is 79.9. The lowest BCUT2D eigenvalue weighted by atomic mass is 10.2. The lowest BCUT2D eigenvalue weighted by Crippen LogP contribution is -2.28. The van der Waals surface area contributed by atoms with E-state index >= 15 is 0 Å². The largest absolute Gasteiger partial charge is 0.326 e. The third kappa shape index (κ3) is 5.73. The van der Waals surface area contributed by atoms with Crippen molar-refractivity contribution >= 4 is 56.6 Å². The van der Waals surface area contributed by atoms with Gasteiger partial charge in [0.15, 0.2) is 5.17 Å². The van der Waals surface area contributed by atoms with Gasteiger partial charge in [-0.3, -0.25) is 9.59 Å². The van der Waals surface area contributed by atoms with E-state index in [2.05, 4.69) is 36.8 Å². The number of hydrogen-bond acceptors (Lipinski definition) is 5. The van der Waals surface area contributed by atoms with E-state index in [1.165, 1.54) is 18.3 Å². The van der Waals surface area contributed by atoms with E-state index in [1.807, 2.05) is 12.1 Å². The van der Waals surface area contributed by atoms with E-state index in [4.69, 9.17) is 0 Å². The van der Waals surface area contributed by atoms with Crippen LogP contribution in [0.15, 0.2) is 63.2 Å². The fourth-order valence-corrected chi connectivity index (χ4v) is 3.39. The summed E-state index contributed by atoms with van der Waals surface area (Å²) in [6.07, 6.45) is 1.47. The van der Waals surface area contributed by atoms with Crippen LogP contribution in [-0.4, -0.2) is 28.4 Å². The van der Waals surface area contributed by atoms with Crippen molar-refractivity contribution in [2.75, 3.05) is 5.32 Å². The molecule has 27 heavy (non-hydrogen) atoms. The quantitative estimate of drug-likeness (QED) is 0.541. The van der Waals surface area contributed by atoms with E-state index in [0.29, 0.717) is 16.4 Å². The first-order valence-corrected chi connectivity index (χ1v) is 9.56. The van der Waals surface area contributed by atoms with E-state index in [-0.39, 0.29) is 24.1 Å². The molecule has 138 valence electrons. The number of amidine groups is 1. The molecule has 1 atom stereocenters. The van der Waals surface area contributed by atoms with Gasteiger partial charge >= 0.3 is 0 Å². The van der Waals surface area contributed by atoms with Gasteiger partial charge in [0.25, 0.3) is 0 Å². The normalized spacial score (nSPS) is 18.1. The summed E-state index contributed by atoms with van der Waals surface area (Å²) in [6, 6.07) is 12.9. The Hall–Kier alpha value is -2.52. The second-order valence-corrected chi connectivity index (χ2v) is 7.66. The molecule has 2 N–H and O–H groups in total. The Morgan fingerprint density at radius 2 is 1.93 bits per heavy atom. The van der Waals surface area contributed by atoms with Gasteiger partial charge in [0.05, 0.1) is 6.21 Å². The summed E-state index contributed by atoms with van der Waals surface area (Å²) in [5, 5.41) is 12.9. The van der Waals surface area contributed by atoms with Crippen molar-refractivity contribution in [2.45, 2.75) is 11.7 Å². The minimum Gasteiger partial charge on any atom is -0.326 e. The average Bonchev–Trinajstić information content (AvgIpc) is 2.98. The first-order chi connectivity index (χ1) is 13.0. The summed E-state index contributed by atoms with van der Waals surface area (Å²) in [5.74, 6) is -0.885. The van der Waals surface area contributed by atoms with Crippen molar-refractivity contribution in [3.8, 4) is 0 Å². The molecule has 1 aliphatic rings. The molecule has 2 aromatic rings. The van der Waals surface area contributed by atoms with E-state index < -0.39 is 5.25 Å². The molecule has 0 bridgehead atoms. The zero-order chi connectivity index (χ0) is 19.2. The Bertz CT molecular complexity index is 901. The predicted molar refractivity (Wildman–Crippen MR) is 108 cm³/mol. The molecule has 0 aromatic heterocycles. The molecular formula is C18H14BrFN4O2S. The smallest absolute Gasteiger partial charge is 0.240 e. The van der Waals surface area contributed by atoms with Crippen LogP contribution in [0.25, 0.3) is 0 Å². The number of carbonyl (C=O) groups is 2. The van der Waals surface area contributed by atoms with Gasteiger partial charge in [-0.1, -0.05) is 39.8 Å². The maximum atomic E-state index is 12.8. The highest BCUT2D eigenvalue weighted by Crippen LogP contribution is 2.23. The van der Waals surface area contributed by atoms with Gasteiger partial charge in [-0.2, -0.15) is 5.10 Å². The molecule has 0 spiro atoms. The van der Waals surface area contributed by atoms with Gasteiger partial charge in [0.2, 0.25) is 11.8 Å². The van der Waals surface area contributed by atoms with Crippen LogP contribution in [-0.2, 0) is 9.59 Å². The second-order valence-electron chi connectivity index (χ2n) is 5.56. The monoisotopic (exact) mass is 448 g/mol. The molecule has 3 rings (SSSR count). The molecule has 2 aromatic carbocycles. The SMILES string of the molecule is O=C(CC1S/C(=N/N=C/c2ccc(F)cc2)NC1=O)Nc1ccc(Br)cc1. The van der Waals surface area contributed by atoms with E-state index in [9.17, 15) is 14.0 Å². The number of carbonyl (C=O) groups excluding carboxylic acids is 2. The van der Waals surface area contributed by atoms with E-state index in [0.717, 1.165) is 16.2 Å². The number of thioether (sulfide) groups is 1. The Morgan fingerprint density at radius 1 is 1.22 bits per heavy atom. The van der Waals surface area contributed by atoms with Crippen LogP contribution in [0, 0.1) is 5.82 Å². The molecule has 1 saturated heterocycles. The number of hydrogen-bond donors (Lipinski definition) is 2. The summed E-state index contributed by atoms with van der Waals surface area (Å²) in [5.41, 5.74) is 1.34. The highest BCUT2D eigenvalue weighted by molar-refractivity contribution is 9.10. The molecule has 1 fully saturated rings. The standard InChI is InChI=1S/C18H14BrFN4O2S/c19-12-3-7-14(8-4-12)22-16(25)9-15-17(26)23-18(27-15)24-21-10-11-1-5-13(20)6-2-11/h1-8,10,15H,9H2,(H,22,25)(H,23,24,26)/b21-10+. The molecule has 1 unspecified atom stereocenters. The third-order valence-electron chi connectivity index (χ3n) is 3.50. The molecule has 0 radical (unpaired) electrons. The maximum absolute atomic E-state index is 12.8. The lowest BCUT2D eigenvalue weighted by molar-refractivity contribution is -0.122. The summed E-state index contributed by atoms with van der Waals surface area (Å²) in [7, 11) is 0. The summed E-state index contributed by atoms with van der Waals surface area (Å²) in [6.45, 7) is 0. The number of amides is 2. The third-order valence-corrected chi connectivity index (χ3v) is 5.10. The van der Waals surface area contributed by atoms with Gasteiger partial charge in [0.1, 0.15) is 11.1 Å². The van der Waals surface area contributed by atoms with Crippen LogP contribution in [0.5, 0.6) is 0 Å². The first kappa shape index (κ1) is 19.2. The zero-order valence-corrected chi connectivity index (χ0v) is 16.3. The fraction of sp³-hybridized carbons (Fsp3) is 0.111. The molecule has 1 aliphatic heterocycles. The van der Waals surface area contributed by atoms with Crippen molar-refractivity contribution in [1.82, 2.24) is 5.32 Å². The van der Waals surface area contributed by atoms with Gasteiger partial charge < -0.3 is 10.6 Å². The molecule has 0 saturated carbocycles. The number of anilines is 1. The Labute approximate surface area is 167 Å². The predicted octanol–water partition coefficient (Wildman–Crippen LogP) is 3.54. The number of halogens is 2. The molecule has 6 nitrogen and oxygen atoms in total.